The Labute approximate surface area is 76.7 Å². The summed E-state index contributed by atoms with van der Waals surface area (Å²) in [4.78, 5) is 2.14. The van der Waals surface area contributed by atoms with Crippen molar-refractivity contribution in [3.05, 3.63) is 0 Å². The highest BCUT2D eigenvalue weighted by molar-refractivity contribution is 6.15. The lowest BCUT2D eigenvalue weighted by molar-refractivity contribution is 0.155. The van der Waals surface area contributed by atoms with Gasteiger partial charge >= 0.3 is 0 Å². The van der Waals surface area contributed by atoms with Crippen molar-refractivity contribution in [3.63, 3.8) is 0 Å². The summed E-state index contributed by atoms with van der Waals surface area (Å²) in [6.07, 6.45) is 0.878. The van der Waals surface area contributed by atoms with Gasteiger partial charge in [-0.25, -0.2) is 0 Å². The Morgan fingerprint density at radius 2 is 1.67 bits per heavy atom. The number of hydrogen-bond donors (Lipinski definition) is 0. The van der Waals surface area contributed by atoms with Crippen LogP contribution in [0.1, 0.15) is 27.2 Å². The molecule has 0 bridgehead atoms. The second-order valence-corrected chi connectivity index (χ2v) is 5.18. The Hall–Kier alpha value is -0.0451. The van der Waals surface area contributed by atoms with E-state index in [-0.39, 0.29) is 17.5 Å². The van der Waals surface area contributed by atoms with Gasteiger partial charge < -0.3 is 4.90 Å². The molecule has 0 spiro atoms. The fourth-order valence-corrected chi connectivity index (χ4v) is 1.38. The minimum absolute atomic E-state index is 0.0790. The molecule has 1 nitrogen and oxygen atoms in total. The van der Waals surface area contributed by atoms with Gasteiger partial charge in [-0.2, -0.15) is 0 Å². The van der Waals surface area contributed by atoms with Crippen LogP contribution < -0.4 is 0 Å². The molecule has 0 rings (SSSR count). The second-order valence-electron chi connectivity index (χ2n) is 5.18. The molecule has 0 aliphatic rings. The van der Waals surface area contributed by atoms with Crippen molar-refractivity contribution in [2.45, 2.75) is 38.0 Å². The molecule has 0 radical (unpaired) electrons. The summed E-state index contributed by atoms with van der Waals surface area (Å²) in [5.41, 5.74) is 0.0790. The first-order chi connectivity index (χ1) is 5.21. The molecule has 1 atom stereocenters. The first kappa shape index (κ1) is 12.0. The van der Waals surface area contributed by atoms with E-state index in [1.165, 1.54) is 0 Å². The molecule has 0 saturated heterocycles. The quantitative estimate of drug-likeness (QED) is 0.582. The summed E-state index contributed by atoms with van der Waals surface area (Å²) in [7, 11) is 6.04. The largest absolute Gasteiger partial charge is 0.304 e. The molecule has 0 amide bonds. The highest BCUT2D eigenvalue weighted by Crippen LogP contribution is 2.34. The van der Waals surface area contributed by atoms with Crippen molar-refractivity contribution < 1.29 is 4.39 Å². The summed E-state index contributed by atoms with van der Waals surface area (Å²) in [5, 5.41) is -0.201. The standard InChI is InChI=1S/C9H21BFN/c1-8(2,12(4)5)6-9(3,10)7-11/h6-7,10H2,1-5H3. The molecule has 0 aliphatic heterocycles. The number of hydrogen-bond acceptors (Lipinski definition) is 1. The van der Waals surface area contributed by atoms with E-state index in [0.29, 0.717) is 0 Å². The van der Waals surface area contributed by atoms with Crippen molar-refractivity contribution in [3.8, 4) is 0 Å². The molecule has 3 heteroatoms. The summed E-state index contributed by atoms with van der Waals surface area (Å²) in [6.45, 7) is 6.01. The van der Waals surface area contributed by atoms with Crippen LogP contribution in [0.2, 0.25) is 5.31 Å². The van der Waals surface area contributed by atoms with E-state index in [9.17, 15) is 4.39 Å². The van der Waals surface area contributed by atoms with E-state index in [1.807, 2.05) is 28.9 Å². The maximum atomic E-state index is 12.5. The molecule has 0 aliphatic carbocycles. The van der Waals surface area contributed by atoms with Crippen LogP contribution in [0.3, 0.4) is 0 Å². The lowest BCUT2D eigenvalue weighted by Gasteiger charge is -2.38. The van der Waals surface area contributed by atoms with Crippen LogP contribution in [-0.2, 0) is 0 Å². The average molecular weight is 173 g/mol. The molecular formula is C9H21BFN. The second kappa shape index (κ2) is 3.78. The van der Waals surface area contributed by atoms with Gasteiger partial charge in [0.15, 0.2) is 0 Å². The van der Waals surface area contributed by atoms with Crippen molar-refractivity contribution in [2.75, 3.05) is 20.8 Å². The van der Waals surface area contributed by atoms with Crippen LogP contribution in [0.15, 0.2) is 0 Å². The lowest BCUT2D eigenvalue weighted by Crippen LogP contribution is -2.41. The van der Waals surface area contributed by atoms with E-state index in [4.69, 9.17) is 0 Å². The number of alkyl halides is 1. The van der Waals surface area contributed by atoms with Gasteiger partial charge in [-0.1, -0.05) is 6.92 Å². The van der Waals surface area contributed by atoms with Gasteiger partial charge in [0.25, 0.3) is 0 Å². The molecule has 0 aromatic heterocycles. The topological polar surface area (TPSA) is 3.24 Å². The lowest BCUT2D eigenvalue weighted by atomic mass is 9.65. The Morgan fingerprint density at radius 3 is 1.92 bits per heavy atom. The van der Waals surface area contributed by atoms with Gasteiger partial charge in [0.2, 0.25) is 0 Å². The minimum Gasteiger partial charge on any atom is -0.304 e. The number of rotatable bonds is 4. The maximum Gasteiger partial charge on any atom is 0.112 e. The molecule has 0 N–H and O–H groups in total. The molecule has 0 heterocycles. The first-order valence-electron chi connectivity index (χ1n) is 4.45. The van der Waals surface area contributed by atoms with Crippen LogP contribution in [0.25, 0.3) is 0 Å². The third kappa shape index (κ3) is 3.57. The molecule has 1 unspecified atom stereocenters. The van der Waals surface area contributed by atoms with Gasteiger partial charge in [-0.05, 0) is 39.7 Å². The van der Waals surface area contributed by atoms with Crippen molar-refractivity contribution in [1.82, 2.24) is 4.90 Å². The van der Waals surface area contributed by atoms with E-state index >= 15 is 0 Å². The van der Waals surface area contributed by atoms with Crippen molar-refractivity contribution in [2.24, 2.45) is 0 Å². The number of nitrogens with zero attached hydrogens (tertiary/aromatic N) is 1. The van der Waals surface area contributed by atoms with Gasteiger partial charge in [0.1, 0.15) is 7.85 Å². The molecule has 12 heavy (non-hydrogen) atoms. The summed E-state index contributed by atoms with van der Waals surface area (Å²) in [6, 6.07) is 0. The van der Waals surface area contributed by atoms with Crippen molar-refractivity contribution >= 4 is 7.85 Å². The normalized spacial score (nSPS) is 17.9. The van der Waals surface area contributed by atoms with Gasteiger partial charge in [0, 0.05) is 5.54 Å². The van der Waals surface area contributed by atoms with Crippen LogP contribution in [-0.4, -0.2) is 39.1 Å². The van der Waals surface area contributed by atoms with E-state index in [1.54, 1.807) is 0 Å². The zero-order valence-corrected chi connectivity index (χ0v) is 9.24. The number of halogens is 1. The average Bonchev–Trinajstić information content (AvgIpc) is 1.85. The van der Waals surface area contributed by atoms with E-state index in [0.717, 1.165) is 6.42 Å². The van der Waals surface area contributed by atoms with Gasteiger partial charge in [-0.15, -0.1) is 0 Å². The van der Waals surface area contributed by atoms with Crippen molar-refractivity contribution in [1.29, 1.82) is 0 Å². The van der Waals surface area contributed by atoms with E-state index in [2.05, 4.69) is 18.7 Å². The zero-order chi connectivity index (χ0) is 9.99. The summed E-state index contributed by atoms with van der Waals surface area (Å²) < 4.78 is 12.5. The fraction of sp³-hybridized carbons (Fsp3) is 1.00. The monoisotopic (exact) mass is 173 g/mol. The molecular weight excluding hydrogens is 152 g/mol. The Kier molecular flexibility index (Phi) is 3.76. The molecule has 0 aromatic rings. The summed E-state index contributed by atoms with van der Waals surface area (Å²) >= 11 is 0. The third-order valence-corrected chi connectivity index (χ3v) is 2.48. The fourth-order valence-electron chi connectivity index (χ4n) is 1.38. The first-order valence-corrected chi connectivity index (χ1v) is 4.45. The predicted molar refractivity (Wildman–Crippen MR) is 55.3 cm³/mol. The van der Waals surface area contributed by atoms with E-state index < -0.39 is 0 Å². The van der Waals surface area contributed by atoms with Gasteiger partial charge in [-0.3, -0.25) is 4.39 Å². The van der Waals surface area contributed by atoms with Crippen LogP contribution >= 0.6 is 0 Å². The predicted octanol–water partition coefficient (Wildman–Crippen LogP) is 1.50. The smallest absolute Gasteiger partial charge is 0.112 e. The van der Waals surface area contributed by atoms with Gasteiger partial charge in [0.05, 0.1) is 6.67 Å². The highest BCUT2D eigenvalue weighted by Gasteiger charge is 2.30. The van der Waals surface area contributed by atoms with Crippen LogP contribution in [0.5, 0.6) is 0 Å². The Balaban J connectivity index is 4.23. The minimum atomic E-state index is -0.246. The highest BCUT2D eigenvalue weighted by atomic mass is 19.1. The molecule has 0 fully saturated rings. The Morgan fingerprint density at radius 1 is 1.25 bits per heavy atom. The third-order valence-electron chi connectivity index (χ3n) is 2.48. The zero-order valence-electron chi connectivity index (χ0n) is 9.24. The SMILES string of the molecule is BC(C)(CF)CC(C)(C)N(C)C. The maximum absolute atomic E-state index is 12.5. The Bertz CT molecular complexity index is 143. The van der Waals surface area contributed by atoms with Crippen LogP contribution in [0, 0.1) is 0 Å². The molecule has 72 valence electrons. The van der Waals surface area contributed by atoms with Crippen LogP contribution in [0.4, 0.5) is 4.39 Å². The summed E-state index contributed by atoms with van der Waals surface area (Å²) in [5.74, 6) is 0. The molecule has 0 saturated carbocycles. The molecule has 0 aromatic carbocycles.